The molecule has 0 rings (SSSR count). The van der Waals surface area contributed by atoms with E-state index in [2.05, 4.69) is 0 Å². The number of carbonyl (C=O) groups is 1. The van der Waals surface area contributed by atoms with E-state index >= 15 is 0 Å². The molecule has 6 nitrogen and oxygen atoms in total. The van der Waals surface area contributed by atoms with E-state index in [0.717, 1.165) is 7.05 Å². The topological polar surface area (TPSA) is 77.9 Å². The highest BCUT2D eigenvalue weighted by Gasteiger charge is 2.38. The van der Waals surface area contributed by atoms with Crippen molar-refractivity contribution in [1.29, 1.82) is 0 Å². The van der Waals surface area contributed by atoms with Crippen molar-refractivity contribution in [3.8, 4) is 0 Å². The molecule has 0 aliphatic rings. The summed E-state index contributed by atoms with van der Waals surface area (Å²) in [5.41, 5.74) is 0. The van der Waals surface area contributed by atoms with Crippen LogP contribution >= 0.6 is 0 Å². The molecule has 0 heterocycles. The van der Waals surface area contributed by atoms with Gasteiger partial charge >= 0.3 is 12.1 Å². The molecule has 0 atom stereocenters. The summed E-state index contributed by atoms with van der Waals surface area (Å²) in [7, 11) is -3.28. The molecule has 0 aromatic carbocycles. The molecule has 0 spiro atoms. The van der Waals surface area contributed by atoms with Gasteiger partial charge in [0.15, 0.2) is 0 Å². The van der Waals surface area contributed by atoms with E-state index in [0.29, 0.717) is 8.61 Å². The number of carboxylic acid groups (broad SMARTS) is 1. The lowest BCUT2D eigenvalue weighted by Gasteiger charge is -2.29. The Morgan fingerprint density at radius 3 is 2.15 bits per heavy atom. The summed E-state index contributed by atoms with van der Waals surface area (Å²) in [6, 6.07) is 0. The van der Waals surface area contributed by atoms with Crippen molar-refractivity contribution in [2.75, 3.05) is 26.7 Å². The van der Waals surface area contributed by atoms with Gasteiger partial charge in [-0.05, 0) is 5.92 Å². The molecule has 0 radical (unpaired) electrons. The van der Waals surface area contributed by atoms with Crippen LogP contribution in [0.4, 0.5) is 13.2 Å². The highest BCUT2D eigenvalue weighted by Crippen LogP contribution is 2.21. The zero-order valence-corrected chi connectivity index (χ0v) is 12.3. The summed E-state index contributed by atoms with van der Waals surface area (Å²) in [6.45, 7) is 0.917. The average molecular weight is 320 g/mol. The summed E-state index contributed by atoms with van der Waals surface area (Å²) < 4.78 is 62.3. The van der Waals surface area contributed by atoms with Crippen molar-refractivity contribution in [2.24, 2.45) is 5.92 Å². The first-order valence-electron chi connectivity index (χ1n) is 5.86. The second kappa shape index (κ2) is 7.23. The minimum Gasteiger partial charge on any atom is -0.481 e. The van der Waals surface area contributed by atoms with Crippen LogP contribution in [0.15, 0.2) is 0 Å². The predicted molar refractivity (Wildman–Crippen MR) is 66.3 cm³/mol. The molecule has 0 saturated heterocycles. The fraction of sp³-hybridized carbons (Fsp3) is 0.900. The molecule has 0 unspecified atom stereocenters. The molecule has 0 aromatic heterocycles. The van der Waals surface area contributed by atoms with E-state index in [1.54, 1.807) is 13.8 Å². The summed E-state index contributed by atoms with van der Waals surface area (Å²) >= 11 is 0. The number of hydrogen-bond donors (Lipinski definition) is 1. The Balaban J connectivity index is 5.06. The number of aliphatic carboxylic acids is 1. The molecule has 0 aliphatic heterocycles. The van der Waals surface area contributed by atoms with Gasteiger partial charge in [0.1, 0.15) is 6.54 Å². The Labute approximate surface area is 116 Å². The van der Waals surface area contributed by atoms with Crippen LogP contribution in [0.25, 0.3) is 0 Å². The highest BCUT2D eigenvalue weighted by atomic mass is 32.2. The molecular formula is C10H19F3N2O4S. The van der Waals surface area contributed by atoms with E-state index in [1.807, 2.05) is 0 Å². The van der Waals surface area contributed by atoms with Gasteiger partial charge in [-0.15, -0.1) is 0 Å². The number of hydrogen-bond acceptors (Lipinski definition) is 3. The molecule has 20 heavy (non-hydrogen) atoms. The Morgan fingerprint density at radius 1 is 1.30 bits per heavy atom. The quantitative estimate of drug-likeness (QED) is 0.728. The molecule has 0 saturated carbocycles. The number of alkyl halides is 3. The summed E-state index contributed by atoms with van der Waals surface area (Å²) in [6.07, 6.45) is -5.13. The highest BCUT2D eigenvalue weighted by molar-refractivity contribution is 7.86. The van der Waals surface area contributed by atoms with Gasteiger partial charge in [-0.2, -0.15) is 30.2 Å². The second-order valence-corrected chi connectivity index (χ2v) is 6.81. The molecule has 0 aromatic rings. The smallest absolute Gasteiger partial charge is 0.402 e. The third-order valence-corrected chi connectivity index (χ3v) is 4.19. The maximum atomic E-state index is 12.4. The van der Waals surface area contributed by atoms with Gasteiger partial charge < -0.3 is 5.11 Å². The molecule has 0 amide bonds. The van der Waals surface area contributed by atoms with Gasteiger partial charge in [0.25, 0.3) is 10.2 Å². The zero-order valence-electron chi connectivity index (χ0n) is 11.5. The Hall–Kier alpha value is -0.870. The fourth-order valence-corrected chi connectivity index (χ4v) is 2.93. The third-order valence-electron chi connectivity index (χ3n) is 2.29. The minimum atomic E-state index is -4.66. The third kappa shape index (κ3) is 7.06. The number of halogens is 3. The number of nitrogens with zero attached hydrogens (tertiary/aromatic N) is 2. The standard InChI is InChI=1S/C10H19F3N2O4S/c1-8(2)6-15(7-10(11,12)13)20(18,19)14(3)5-4-9(16)17/h8H,4-7H2,1-3H3,(H,16,17). The Kier molecular flexibility index (Phi) is 6.91. The Bertz CT molecular complexity index is 423. The predicted octanol–water partition coefficient (Wildman–Crippen LogP) is 1.16. The van der Waals surface area contributed by atoms with Crippen molar-refractivity contribution in [3.63, 3.8) is 0 Å². The van der Waals surface area contributed by atoms with Crippen molar-refractivity contribution in [1.82, 2.24) is 8.61 Å². The lowest BCUT2D eigenvalue weighted by atomic mass is 10.2. The van der Waals surface area contributed by atoms with Crippen LogP contribution in [0, 0.1) is 5.92 Å². The SMILES string of the molecule is CC(C)CN(CC(F)(F)F)S(=O)(=O)N(C)CCC(=O)O. The maximum absolute atomic E-state index is 12.4. The number of carboxylic acids is 1. The van der Waals surface area contributed by atoms with E-state index < -0.39 is 35.3 Å². The molecule has 120 valence electrons. The first kappa shape index (κ1) is 19.1. The van der Waals surface area contributed by atoms with Crippen molar-refractivity contribution < 1.29 is 31.5 Å². The summed E-state index contributed by atoms with van der Waals surface area (Å²) in [4.78, 5) is 10.4. The van der Waals surface area contributed by atoms with Crippen molar-refractivity contribution >= 4 is 16.2 Å². The van der Waals surface area contributed by atoms with Gasteiger partial charge in [-0.1, -0.05) is 13.8 Å². The Morgan fingerprint density at radius 2 is 1.80 bits per heavy atom. The minimum absolute atomic E-state index is 0.292. The second-order valence-electron chi connectivity index (χ2n) is 4.77. The summed E-state index contributed by atoms with van der Waals surface area (Å²) in [5.74, 6) is -1.52. The first-order valence-corrected chi connectivity index (χ1v) is 7.26. The molecule has 1 N–H and O–H groups in total. The van der Waals surface area contributed by atoms with E-state index in [9.17, 15) is 26.4 Å². The first-order chi connectivity index (χ1) is 8.86. The van der Waals surface area contributed by atoms with Crippen LogP contribution in [0.1, 0.15) is 20.3 Å². The molecule has 10 heteroatoms. The maximum Gasteiger partial charge on any atom is 0.402 e. The van der Waals surface area contributed by atoms with Crippen LogP contribution in [-0.4, -0.2) is 61.0 Å². The van der Waals surface area contributed by atoms with Gasteiger partial charge in [-0.25, -0.2) is 0 Å². The van der Waals surface area contributed by atoms with Crippen molar-refractivity contribution in [2.45, 2.75) is 26.4 Å². The van der Waals surface area contributed by atoms with E-state index in [4.69, 9.17) is 5.11 Å². The van der Waals surface area contributed by atoms with Gasteiger partial charge in [0.05, 0.1) is 6.42 Å². The number of rotatable bonds is 8. The van der Waals surface area contributed by atoms with Gasteiger partial charge in [-0.3, -0.25) is 4.79 Å². The van der Waals surface area contributed by atoms with Gasteiger partial charge in [0.2, 0.25) is 0 Å². The molecule has 0 bridgehead atoms. The zero-order chi connectivity index (χ0) is 16.1. The summed E-state index contributed by atoms with van der Waals surface area (Å²) in [5, 5.41) is 8.48. The van der Waals surface area contributed by atoms with Crippen LogP contribution in [0.3, 0.4) is 0 Å². The van der Waals surface area contributed by atoms with Crippen LogP contribution in [0.2, 0.25) is 0 Å². The lowest BCUT2D eigenvalue weighted by Crippen LogP contribution is -2.47. The molecule has 0 fully saturated rings. The van der Waals surface area contributed by atoms with Gasteiger partial charge in [0, 0.05) is 20.1 Å². The van der Waals surface area contributed by atoms with E-state index in [1.165, 1.54) is 0 Å². The van der Waals surface area contributed by atoms with Crippen LogP contribution in [0.5, 0.6) is 0 Å². The van der Waals surface area contributed by atoms with E-state index in [-0.39, 0.29) is 19.0 Å². The average Bonchev–Trinajstić information content (AvgIpc) is 2.22. The normalized spacial score (nSPS) is 13.4. The largest absolute Gasteiger partial charge is 0.481 e. The fourth-order valence-electron chi connectivity index (χ4n) is 1.41. The van der Waals surface area contributed by atoms with Crippen LogP contribution in [-0.2, 0) is 15.0 Å². The molecule has 0 aliphatic carbocycles. The molecular weight excluding hydrogens is 301 g/mol. The van der Waals surface area contributed by atoms with Crippen molar-refractivity contribution in [3.05, 3.63) is 0 Å². The monoisotopic (exact) mass is 320 g/mol. The lowest BCUT2D eigenvalue weighted by molar-refractivity contribution is -0.138. The van der Waals surface area contributed by atoms with Crippen LogP contribution < -0.4 is 0 Å².